The van der Waals surface area contributed by atoms with E-state index in [1.807, 2.05) is 12.1 Å². The lowest BCUT2D eigenvalue weighted by atomic mass is 9.99. The van der Waals surface area contributed by atoms with Gasteiger partial charge in [0.25, 0.3) is 5.56 Å². The summed E-state index contributed by atoms with van der Waals surface area (Å²) in [6.07, 6.45) is 3.29. The highest BCUT2D eigenvalue weighted by atomic mass is 32.2. The molecule has 0 saturated heterocycles. The fourth-order valence-electron chi connectivity index (χ4n) is 4.41. The lowest BCUT2D eigenvalue weighted by Gasteiger charge is -2.18. The number of benzene rings is 2. The molecule has 10 heteroatoms. The Hall–Kier alpha value is -3.34. The van der Waals surface area contributed by atoms with Crippen LogP contribution >= 0.6 is 0 Å². The molecule has 2 aromatic carbocycles. The third-order valence-corrected chi connectivity index (χ3v) is 6.65. The predicted octanol–water partition coefficient (Wildman–Crippen LogP) is 4.21. The lowest BCUT2D eigenvalue weighted by molar-refractivity contribution is 0.159. The molecule has 0 saturated carbocycles. The smallest absolute Gasteiger partial charge is 0.255 e. The molecule has 0 spiro atoms. The number of nitrogens with zero attached hydrogens (tertiary/aromatic N) is 1. The zero-order chi connectivity index (χ0) is 26.0. The van der Waals surface area contributed by atoms with Crippen molar-refractivity contribution in [3.63, 3.8) is 0 Å². The highest BCUT2D eigenvalue weighted by molar-refractivity contribution is 7.88. The second-order valence-electron chi connectivity index (χ2n) is 8.74. The number of nitrogens with one attached hydrogen (secondary N) is 2. The number of fused-ring (bicyclic) bond motifs is 1. The summed E-state index contributed by atoms with van der Waals surface area (Å²) in [5.74, 6) is -1.30. The summed E-state index contributed by atoms with van der Waals surface area (Å²) in [5, 5.41) is 11.7. The Morgan fingerprint density at radius 2 is 1.92 bits per heavy atom. The SMILES string of the molecule is CCCCc1ccc2c(c1)c(-c1ccc[nH]c1=O)c(C(O)NS(C)(=O)=O)n2Cc1cc(F)ccc1F. The number of aliphatic hydroxyl groups excluding tert-OH is 1. The zero-order valence-corrected chi connectivity index (χ0v) is 20.7. The highest BCUT2D eigenvalue weighted by Gasteiger charge is 2.28. The van der Waals surface area contributed by atoms with Crippen LogP contribution in [0.2, 0.25) is 0 Å². The van der Waals surface area contributed by atoms with Crippen LogP contribution in [-0.4, -0.2) is 29.3 Å². The first-order valence-electron chi connectivity index (χ1n) is 11.5. The van der Waals surface area contributed by atoms with Crippen LogP contribution in [0.1, 0.15) is 42.8 Å². The third kappa shape index (κ3) is 5.40. The largest absolute Gasteiger partial charge is 0.372 e. The molecule has 0 bridgehead atoms. The van der Waals surface area contributed by atoms with Crippen LogP contribution in [0, 0.1) is 11.6 Å². The standard InChI is InChI=1S/C26H27F2N3O4S/c1-3-4-6-16-8-11-22-20(13-16)23(19-7-5-12-29-25(19)32)24(26(33)30-36(2,34)35)31(22)15-17-14-18(27)9-10-21(17)28/h5,7-14,26,30,33H,3-4,6,15H2,1-2H3,(H,29,32). The fraction of sp³-hybridized carbons (Fsp3) is 0.269. The van der Waals surface area contributed by atoms with Crippen molar-refractivity contribution in [1.82, 2.24) is 14.3 Å². The van der Waals surface area contributed by atoms with E-state index in [0.717, 1.165) is 49.3 Å². The maximum atomic E-state index is 14.6. The molecule has 4 rings (SSSR count). The van der Waals surface area contributed by atoms with Gasteiger partial charge in [0.05, 0.1) is 18.5 Å². The Morgan fingerprint density at radius 3 is 2.61 bits per heavy atom. The number of pyridine rings is 1. The van der Waals surface area contributed by atoms with E-state index in [2.05, 4.69) is 16.6 Å². The van der Waals surface area contributed by atoms with Gasteiger partial charge in [-0.3, -0.25) is 4.79 Å². The van der Waals surface area contributed by atoms with Gasteiger partial charge in [-0.25, -0.2) is 17.2 Å². The van der Waals surface area contributed by atoms with Crippen molar-refractivity contribution in [2.45, 2.75) is 39.0 Å². The van der Waals surface area contributed by atoms with Gasteiger partial charge in [-0.2, -0.15) is 4.72 Å². The number of aliphatic hydroxyl groups is 1. The number of hydrogen-bond donors (Lipinski definition) is 3. The van der Waals surface area contributed by atoms with E-state index < -0.39 is 33.4 Å². The minimum atomic E-state index is -3.88. The Morgan fingerprint density at radius 1 is 1.14 bits per heavy atom. The van der Waals surface area contributed by atoms with Gasteiger partial charge in [-0.05, 0) is 60.9 Å². The van der Waals surface area contributed by atoms with Crippen molar-refractivity contribution >= 4 is 20.9 Å². The number of sulfonamides is 1. The molecule has 1 unspecified atom stereocenters. The maximum Gasteiger partial charge on any atom is 0.255 e. The van der Waals surface area contributed by atoms with Crippen molar-refractivity contribution in [2.75, 3.05) is 6.26 Å². The predicted molar refractivity (Wildman–Crippen MR) is 135 cm³/mol. The molecule has 0 radical (unpaired) electrons. The number of unbranched alkanes of at least 4 members (excludes halogenated alkanes) is 1. The quantitative estimate of drug-likeness (QED) is 0.291. The van der Waals surface area contributed by atoms with Gasteiger partial charge < -0.3 is 14.7 Å². The molecule has 36 heavy (non-hydrogen) atoms. The summed E-state index contributed by atoms with van der Waals surface area (Å²) in [6, 6.07) is 11.8. The molecule has 190 valence electrons. The molecular weight excluding hydrogens is 488 g/mol. The molecule has 0 aliphatic carbocycles. The van der Waals surface area contributed by atoms with E-state index in [1.54, 1.807) is 18.2 Å². The number of hydrogen-bond acceptors (Lipinski definition) is 4. The van der Waals surface area contributed by atoms with Gasteiger partial charge in [0, 0.05) is 33.8 Å². The molecule has 0 amide bonds. The van der Waals surface area contributed by atoms with Gasteiger partial charge in [-0.1, -0.05) is 19.4 Å². The van der Waals surface area contributed by atoms with Crippen LogP contribution in [0.3, 0.4) is 0 Å². The average Bonchev–Trinajstić information content (AvgIpc) is 3.12. The highest BCUT2D eigenvalue weighted by Crippen LogP contribution is 2.38. The summed E-state index contributed by atoms with van der Waals surface area (Å²) in [4.78, 5) is 15.5. The molecule has 4 aromatic rings. The normalized spacial score (nSPS) is 12.8. The first kappa shape index (κ1) is 25.7. The third-order valence-electron chi connectivity index (χ3n) is 6.00. The van der Waals surface area contributed by atoms with Gasteiger partial charge in [0.1, 0.15) is 11.6 Å². The van der Waals surface area contributed by atoms with E-state index >= 15 is 0 Å². The zero-order valence-electron chi connectivity index (χ0n) is 19.9. The number of H-pyrrole nitrogens is 1. The van der Waals surface area contributed by atoms with Crippen molar-refractivity contribution < 1.29 is 22.3 Å². The summed E-state index contributed by atoms with van der Waals surface area (Å²) in [7, 11) is -3.88. The minimum Gasteiger partial charge on any atom is -0.372 e. The van der Waals surface area contributed by atoms with Gasteiger partial charge in [0.2, 0.25) is 10.0 Å². The van der Waals surface area contributed by atoms with Crippen LogP contribution in [0.25, 0.3) is 22.0 Å². The van der Waals surface area contributed by atoms with Crippen LogP contribution in [-0.2, 0) is 23.0 Å². The molecule has 0 aliphatic heterocycles. The monoisotopic (exact) mass is 515 g/mol. The number of aromatic amines is 1. The van der Waals surface area contributed by atoms with Crippen LogP contribution in [0.15, 0.2) is 59.5 Å². The Bertz CT molecular complexity index is 1580. The van der Waals surface area contributed by atoms with E-state index in [4.69, 9.17) is 0 Å². The van der Waals surface area contributed by atoms with Crippen molar-refractivity contribution in [3.8, 4) is 11.1 Å². The second-order valence-corrected chi connectivity index (χ2v) is 10.5. The van der Waals surface area contributed by atoms with E-state index in [1.165, 1.54) is 10.8 Å². The summed E-state index contributed by atoms with van der Waals surface area (Å²) < 4.78 is 56.3. The molecule has 7 nitrogen and oxygen atoms in total. The Balaban J connectivity index is 2.07. The molecule has 2 heterocycles. The van der Waals surface area contributed by atoms with E-state index in [-0.39, 0.29) is 23.4 Å². The molecule has 0 aliphatic rings. The van der Waals surface area contributed by atoms with Crippen molar-refractivity contribution in [2.24, 2.45) is 0 Å². The number of halogens is 2. The van der Waals surface area contributed by atoms with Crippen LogP contribution in [0.5, 0.6) is 0 Å². The molecule has 1 atom stereocenters. The maximum absolute atomic E-state index is 14.6. The summed E-state index contributed by atoms with van der Waals surface area (Å²) in [5.41, 5.74) is 1.64. The first-order chi connectivity index (χ1) is 17.1. The van der Waals surface area contributed by atoms with Crippen LogP contribution < -0.4 is 10.3 Å². The molecule has 2 aromatic heterocycles. The summed E-state index contributed by atoms with van der Waals surface area (Å²) >= 11 is 0. The summed E-state index contributed by atoms with van der Waals surface area (Å²) in [6.45, 7) is 1.86. The Kier molecular flexibility index (Phi) is 7.39. The lowest BCUT2D eigenvalue weighted by Crippen LogP contribution is -2.29. The Labute approximate surface area is 207 Å². The van der Waals surface area contributed by atoms with Gasteiger partial charge >= 0.3 is 0 Å². The van der Waals surface area contributed by atoms with Crippen molar-refractivity contribution in [3.05, 3.63) is 93.5 Å². The molecular formula is C26H27F2N3O4S. The second kappa shape index (κ2) is 10.3. The number of rotatable bonds is 9. The number of aryl methyl sites for hydroxylation is 1. The fourth-order valence-corrected chi connectivity index (χ4v) is 4.92. The average molecular weight is 516 g/mol. The van der Waals surface area contributed by atoms with Crippen LogP contribution in [0.4, 0.5) is 8.78 Å². The first-order valence-corrected chi connectivity index (χ1v) is 13.4. The number of aromatic nitrogens is 2. The molecule has 3 N–H and O–H groups in total. The molecule has 0 fully saturated rings. The minimum absolute atomic E-state index is 0.00304. The topological polar surface area (TPSA) is 104 Å². The van der Waals surface area contributed by atoms with E-state index in [0.29, 0.717) is 16.5 Å². The van der Waals surface area contributed by atoms with Gasteiger partial charge in [0.15, 0.2) is 6.23 Å². The van der Waals surface area contributed by atoms with E-state index in [9.17, 15) is 27.1 Å². The van der Waals surface area contributed by atoms with Crippen molar-refractivity contribution in [1.29, 1.82) is 0 Å². The van der Waals surface area contributed by atoms with Gasteiger partial charge in [-0.15, -0.1) is 0 Å².